The van der Waals surface area contributed by atoms with E-state index in [0.29, 0.717) is 11.5 Å². The monoisotopic (exact) mass is 331 g/mol. The fourth-order valence-electron chi connectivity index (χ4n) is 2.30. The average Bonchev–Trinajstić information content (AvgIpc) is 2.55. The van der Waals surface area contributed by atoms with Gasteiger partial charge in [-0.25, -0.2) is 4.39 Å². The van der Waals surface area contributed by atoms with Gasteiger partial charge in [0, 0.05) is 5.75 Å². The number of benzene rings is 2. The second-order valence-corrected chi connectivity index (χ2v) is 6.54. The van der Waals surface area contributed by atoms with Gasteiger partial charge in [0.15, 0.2) is 0 Å². The summed E-state index contributed by atoms with van der Waals surface area (Å²) in [6, 6.07) is 14.7. The van der Waals surface area contributed by atoms with Crippen molar-refractivity contribution in [2.45, 2.75) is 32.1 Å². The lowest BCUT2D eigenvalue weighted by Gasteiger charge is -2.17. The molecule has 122 valence electrons. The molecule has 0 saturated heterocycles. The van der Waals surface area contributed by atoms with Crippen molar-refractivity contribution in [3.8, 4) is 0 Å². The van der Waals surface area contributed by atoms with Crippen molar-refractivity contribution in [1.29, 1.82) is 0 Å². The smallest absolute Gasteiger partial charge is 0.230 e. The molecule has 0 aromatic heterocycles. The van der Waals surface area contributed by atoms with Crippen LogP contribution in [-0.2, 0) is 10.5 Å². The summed E-state index contributed by atoms with van der Waals surface area (Å²) in [5.74, 6) is 0.902. The largest absolute Gasteiger partial charge is 0.349 e. The molecular formula is C19H22FNOS. The summed E-state index contributed by atoms with van der Waals surface area (Å²) < 4.78 is 12.8. The van der Waals surface area contributed by atoms with Gasteiger partial charge >= 0.3 is 0 Å². The Morgan fingerprint density at radius 3 is 2.39 bits per heavy atom. The van der Waals surface area contributed by atoms with Crippen LogP contribution in [-0.4, -0.2) is 11.7 Å². The molecule has 0 unspecified atom stereocenters. The molecule has 0 saturated carbocycles. The Balaban J connectivity index is 1.80. The number of carbonyl (C=O) groups excluding carboxylic acids is 1. The van der Waals surface area contributed by atoms with Crippen molar-refractivity contribution < 1.29 is 9.18 Å². The van der Waals surface area contributed by atoms with Crippen molar-refractivity contribution in [3.63, 3.8) is 0 Å². The number of carbonyl (C=O) groups is 1. The average molecular weight is 331 g/mol. The minimum atomic E-state index is -0.236. The van der Waals surface area contributed by atoms with Gasteiger partial charge in [0.05, 0.1) is 11.8 Å². The van der Waals surface area contributed by atoms with Gasteiger partial charge in [0.1, 0.15) is 5.82 Å². The molecule has 0 aliphatic heterocycles. The van der Waals surface area contributed by atoms with Gasteiger partial charge in [0.2, 0.25) is 5.91 Å². The first kappa shape index (κ1) is 17.5. The van der Waals surface area contributed by atoms with Crippen LogP contribution in [0.1, 0.15) is 36.1 Å². The number of hydrogen-bond acceptors (Lipinski definition) is 2. The van der Waals surface area contributed by atoms with Gasteiger partial charge in [-0.15, -0.1) is 11.8 Å². The molecular weight excluding hydrogens is 309 g/mol. The zero-order valence-electron chi connectivity index (χ0n) is 13.5. The van der Waals surface area contributed by atoms with E-state index in [1.54, 1.807) is 12.1 Å². The van der Waals surface area contributed by atoms with Crippen molar-refractivity contribution in [1.82, 2.24) is 5.32 Å². The fraction of sp³-hybridized carbons (Fsp3) is 0.316. The third-order valence-electron chi connectivity index (χ3n) is 3.64. The highest BCUT2D eigenvalue weighted by molar-refractivity contribution is 7.99. The van der Waals surface area contributed by atoms with Crippen molar-refractivity contribution in [3.05, 3.63) is 71.0 Å². The molecule has 2 aromatic rings. The van der Waals surface area contributed by atoms with E-state index in [-0.39, 0.29) is 17.8 Å². The molecule has 0 spiro atoms. The van der Waals surface area contributed by atoms with Crippen molar-refractivity contribution in [2.75, 3.05) is 5.75 Å². The Morgan fingerprint density at radius 2 is 1.78 bits per heavy atom. The van der Waals surface area contributed by atoms with E-state index in [1.807, 2.05) is 0 Å². The Morgan fingerprint density at radius 1 is 1.13 bits per heavy atom. The van der Waals surface area contributed by atoms with Crippen LogP contribution in [0.3, 0.4) is 0 Å². The number of nitrogens with one attached hydrogen (secondary N) is 1. The van der Waals surface area contributed by atoms with Crippen LogP contribution in [0, 0.1) is 12.7 Å². The van der Waals surface area contributed by atoms with Gasteiger partial charge < -0.3 is 5.32 Å². The maximum absolute atomic E-state index is 12.8. The molecule has 23 heavy (non-hydrogen) atoms. The lowest BCUT2D eigenvalue weighted by atomic mass is 10.0. The van der Waals surface area contributed by atoms with E-state index in [1.165, 1.54) is 29.5 Å². The normalized spacial score (nSPS) is 12.0. The summed E-state index contributed by atoms with van der Waals surface area (Å²) in [7, 11) is 0. The second-order valence-electron chi connectivity index (χ2n) is 5.56. The van der Waals surface area contributed by atoms with Crippen LogP contribution in [0.4, 0.5) is 4.39 Å². The molecule has 2 rings (SSSR count). The maximum Gasteiger partial charge on any atom is 0.230 e. The number of thioether (sulfide) groups is 1. The minimum absolute atomic E-state index is 0.0320. The molecule has 0 aliphatic carbocycles. The van der Waals surface area contributed by atoms with Crippen molar-refractivity contribution in [2.24, 2.45) is 0 Å². The molecule has 4 heteroatoms. The summed E-state index contributed by atoms with van der Waals surface area (Å²) in [6.45, 7) is 4.12. The second kappa shape index (κ2) is 8.73. The molecule has 0 heterocycles. The zero-order valence-corrected chi connectivity index (χ0v) is 14.3. The van der Waals surface area contributed by atoms with Gasteiger partial charge in [-0.3, -0.25) is 4.79 Å². The van der Waals surface area contributed by atoms with Crippen molar-refractivity contribution >= 4 is 17.7 Å². The minimum Gasteiger partial charge on any atom is -0.349 e. The van der Waals surface area contributed by atoms with Crippen LogP contribution in [0.25, 0.3) is 0 Å². The molecule has 1 amide bonds. The molecule has 0 bridgehead atoms. The standard InChI is InChI=1S/C19H22FNOS/c1-3-18(16-8-4-14(2)5-9-16)21-19(22)13-23-12-15-6-10-17(20)11-7-15/h4-11,18H,3,12-13H2,1-2H3,(H,21,22)/t18-/m1/s1. The predicted molar refractivity (Wildman–Crippen MR) is 94.9 cm³/mol. The lowest BCUT2D eigenvalue weighted by Crippen LogP contribution is -2.29. The summed E-state index contributed by atoms with van der Waals surface area (Å²) in [5.41, 5.74) is 3.37. The van der Waals surface area contributed by atoms with Crippen LogP contribution in [0.2, 0.25) is 0 Å². The van der Waals surface area contributed by atoms with Gasteiger partial charge in [-0.2, -0.15) is 0 Å². The molecule has 0 fully saturated rings. The van der Waals surface area contributed by atoms with Crippen LogP contribution in [0.5, 0.6) is 0 Å². The van der Waals surface area contributed by atoms with Gasteiger partial charge in [0.25, 0.3) is 0 Å². The van der Waals surface area contributed by atoms with Crippen LogP contribution < -0.4 is 5.32 Å². The van der Waals surface area contributed by atoms with E-state index >= 15 is 0 Å². The Kier molecular flexibility index (Phi) is 6.66. The number of rotatable bonds is 7. The molecule has 1 atom stereocenters. The maximum atomic E-state index is 12.8. The first-order valence-electron chi connectivity index (χ1n) is 7.76. The highest BCUT2D eigenvalue weighted by Crippen LogP contribution is 2.18. The summed E-state index contributed by atoms with van der Waals surface area (Å²) in [4.78, 5) is 12.1. The lowest BCUT2D eigenvalue weighted by molar-refractivity contribution is -0.119. The predicted octanol–water partition coefficient (Wildman–Crippen LogP) is 4.63. The number of amides is 1. The highest BCUT2D eigenvalue weighted by Gasteiger charge is 2.12. The first-order chi connectivity index (χ1) is 11.1. The SMILES string of the molecule is CC[C@@H](NC(=O)CSCc1ccc(F)cc1)c1ccc(C)cc1. The summed E-state index contributed by atoms with van der Waals surface area (Å²) in [5, 5.41) is 3.08. The number of hydrogen-bond donors (Lipinski definition) is 1. The summed E-state index contributed by atoms with van der Waals surface area (Å²) >= 11 is 1.54. The molecule has 1 N–H and O–H groups in total. The zero-order chi connectivity index (χ0) is 16.7. The first-order valence-corrected chi connectivity index (χ1v) is 8.92. The quantitative estimate of drug-likeness (QED) is 0.801. The molecule has 0 aliphatic rings. The van der Waals surface area contributed by atoms with Crippen LogP contribution in [0.15, 0.2) is 48.5 Å². The molecule has 0 radical (unpaired) electrons. The van der Waals surface area contributed by atoms with E-state index in [4.69, 9.17) is 0 Å². The van der Waals surface area contributed by atoms with E-state index < -0.39 is 0 Å². The highest BCUT2D eigenvalue weighted by atomic mass is 32.2. The summed E-state index contributed by atoms with van der Waals surface area (Å²) in [6.07, 6.45) is 0.859. The number of aryl methyl sites for hydroxylation is 1. The van der Waals surface area contributed by atoms with E-state index in [0.717, 1.165) is 17.5 Å². The Bertz CT molecular complexity index is 625. The van der Waals surface area contributed by atoms with E-state index in [2.05, 4.69) is 43.4 Å². The Hall–Kier alpha value is -1.81. The van der Waals surface area contributed by atoms with Gasteiger partial charge in [-0.05, 0) is 36.6 Å². The third-order valence-corrected chi connectivity index (χ3v) is 4.64. The fourth-order valence-corrected chi connectivity index (χ4v) is 3.10. The third kappa shape index (κ3) is 5.71. The number of halogens is 1. The van der Waals surface area contributed by atoms with Gasteiger partial charge in [-0.1, -0.05) is 48.9 Å². The molecule has 2 aromatic carbocycles. The van der Waals surface area contributed by atoms with E-state index in [9.17, 15) is 9.18 Å². The topological polar surface area (TPSA) is 29.1 Å². The Labute approximate surface area is 141 Å². The van der Waals surface area contributed by atoms with Crippen LogP contribution >= 0.6 is 11.8 Å². The molecule has 2 nitrogen and oxygen atoms in total.